The number of hydrogen-bond donors (Lipinski definition) is 0. The molecule has 1 aromatic heterocycles. The highest BCUT2D eigenvalue weighted by Gasteiger charge is 2.25. The van der Waals surface area contributed by atoms with Gasteiger partial charge >= 0.3 is 0 Å². The molecule has 33 heavy (non-hydrogen) atoms. The molecule has 0 radical (unpaired) electrons. The summed E-state index contributed by atoms with van der Waals surface area (Å²) in [4.78, 5) is 0. The Morgan fingerprint density at radius 1 is 0.576 bits per heavy atom. The van der Waals surface area contributed by atoms with Gasteiger partial charge in [-0.15, -0.1) is 0 Å². The van der Waals surface area contributed by atoms with E-state index in [0.717, 1.165) is 22.3 Å². The van der Waals surface area contributed by atoms with E-state index in [0.29, 0.717) is 0 Å². The van der Waals surface area contributed by atoms with Crippen molar-refractivity contribution in [3.8, 4) is 22.6 Å². The summed E-state index contributed by atoms with van der Waals surface area (Å²) < 4.78 is 8.26. The van der Waals surface area contributed by atoms with Crippen molar-refractivity contribution in [1.29, 1.82) is 0 Å². The van der Waals surface area contributed by atoms with E-state index in [9.17, 15) is 0 Å². The minimum absolute atomic E-state index is 0. The van der Waals surface area contributed by atoms with Gasteiger partial charge in [-0.1, -0.05) is 78.9 Å². The van der Waals surface area contributed by atoms with Gasteiger partial charge in [0.2, 0.25) is 16.7 Å². The molecular formula is C30H22BrNO. The fourth-order valence-electron chi connectivity index (χ4n) is 4.85. The van der Waals surface area contributed by atoms with Crippen LogP contribution in [0.25, 0.3) is 49.4 Å². The lowest BCUT2D eigenvalue weighted by atomic mass is 9.91. The number of ether oxygens (including phenoxy) is 1. The summed E-state index contributed by atoms with van der Waals surface area (Å²) >= 11 is 0. The highest BCUT2D eigenvalue weighted by atomic mass is 79.9. The molecule has 1 heterocycles. The molecular weight excluding hydrogens is 470 g/mol. The first kappa shape index (κ1) is 21.2. The molecule has 0 aliphatic rings. The van der Waals surface area contributed by atoms with Crippen molar-refractivity contribution in [2.24, 2.45) is 0 Å². The highest BCUT2D eigenvalue weighted by Crippen LogP contribution is 2.41. The molecule has 0 aliphatic carbocycles. The monoisotopic (exact) mass is 491 g/mol. The molecule has 160 valence electrons. The average Bonchev–Trinajstić information content (AvgIpc) is 2.87. The number of nitrogens with zero attached hydrogens (tertiary/aromatic N) is 1. The maximum atomic E-state index is 5.93. The Morgan fingerprint density at radius 2 is 1.21 bits per heavy atom. The van der Waals surface area contributed by atoms with Crippen molar-refractivity contribution >= 4 is 32.6 Å². The molecule has 0 aliphatic heterocycles. The lowest BCUT2D eigenvalue weighted by Gasteiger charge is -2.16. The maximum Gasteiger partial charge on any atom is 0.223 e. The minimum Gasteiger partial charge on any atom is -1.00 e. The number of para-hydroxylation sites is 2. The van der Waals surface area contributed by atoms with Crippen LogP contribution in [0.5, 0.6) is 5.75 Å². The summed E-state index contributed by atoms with van der Waals surface area (Å²) in [5, 5.41) is 4.79. The van der Waals surface area contributed by atoms with E-state index in [2.05, 4.69) is 120 Å². The van der Waals surface area contributed by atoms with E-state index in [-0.39, 0.29) is 17.0 Å². The SMILES string of the molecule is COc1cccc2c1c(-c1cccc3ccccc13)c1ccccc1[n+]2-c1ccccc1.[Br-]. The van der Waals surface area contributed by atoms with Crippen molar-refractivity contribution < 1.29 is 26.3 Å². The molecule has 2 nitrogen and oxygen atoms in total. The number of rotatable bonds is 3. The van der Waals surface area contributed by atoms with Crippen molar-refractivity contribution in [3.05, 3.63) is 115 Å². The van der Waals surface area contributed by atoms with Crippen LogP contribution in [0, 0.1) is 0 Å². The van der Waals surface area contributed by atoms with Gasteiger partial charge in [0.05, 0.1) is 17.9 Å². The first-order valence-corrected chi connectivity index (χ1v) is 10.8. The maximum absolute atomic E-state index is 5.93. The molecule has 6 rings (SSSR count). The van der Waals surface area contributed by atoms with Gasteiger partial charge in [0.25, 0.3) is 0 Å². The number of pyridine rings is 1. The van der Waals surface area contributed by atoms with Gasteiger partial charge in [-0.05, 0) is 28.5 Å². The van der Waals surface area contributed by atoms with Gasteiger partial charge < -0.3 is 21.7 Å². The zero-order chi connectivity index (χ0) is 21.5. The van der Waals surface area contributed by atoms with Gasteiger partial charge in [0.15, 0.2) is 0 Å². The summed E-state index contributed by atoms with van der Waals surface area (Å²) in [6, 6.07) is 40.6. The Labute approximate surface area is 203 Å². The van der Waals surface area contributed by atoms with E-state index in [1.54, 1.807) is 7.11 Å². The van der Waals surface area contributed by atoms with Crippen LogP contribution < -0.4 is 26.3 Å². The van der Waals surface area contributed by atoms with E-state index >= 15 is 0 Å². The fraction of sp³-hybridized carbons (Fsp3) is 0.0333. The van der Waals surface area contributed by atoms with Gasteiger partial charge in [-0.3, -0.25) is 0 Å². The summed E-state index contributed by atoms with van der Waals surface area (Å²) in [5.41, 5.74) is 5.84. The van der Waals surface area contributed by atoms with Gasteiger partial charge in [0.1, 0.15) is 5.75 Å². The molecule has 0 bridgehead atoms. The summed E-state index contributed by atoms with van der Waals surface area (Å²) in [6.07, 6.45) is 0. The second kappa shape index (κ2) is 8.68. The molecule has 0 unspecified atom stereocenters. The van der Waals surface area contributed by atoms with Gasteiger partial charge in [-0.2, -0.15) is 4.57 Å². The molecule has 0 N–H and O–H groups in total. The first-order valence-electron chi connectivity index (χ1n) is 10.8. The molecule has 0 amide bonds. The van der Waals surface area contributed by atoms with E-state index in [4.69, 9.17) is 4.74 Å². The zero-order valence-corrected chi connectivity index (χ0v) is 19.8. The van der Waals surface area contributed by atoms with Crippen molar-refractivity contribution in [2.75, 3.05) is 7.11 Å². The number of methoxy groups -OCH3 is 1. The quantitative estimate of drug-likeness (QED) is 0.268. The van der Waals surface area contributed by atoms with E-state index in [1.807, 2.05) is 0 Å². The summed E-state index contributed by atoms with van der Waals surface area (Å²) in [6.45, 7) is 0. The Morgan fingerprint density at radius 3 is 2.03 bits per heavy atom. The van der Waals surface area contributed by atoms with Gasteiger partial charge in [0, 0.05) is 29.8 Å². The van der Waals surface area contributed by atoms with Crippen molar-refractivity contribution in [1.82, 2.24) is 0 Å². The zero-order valence-electron chi connectivity index (χ0n) is 18.2. The van der Waals surface area contributed by atoms with Crippen molar-refractivity contribution in [3.63, 3.8) is 0 Å². The highest BCUT2D eigenvalue weighted by molar-refractivity contribution is 6.14. The smallest absolute Gasteiger partial charge is 0.223 e. The minimum atomic E-state index is 0. The molecule has 0 fully saturated rings. The molecule has 5 aromatic carbocycles. The predicted molar refractivity (Wildman–Crippen MR) is 132 cm³/mol. The first-order chi connectivity index (χ1) is 15.9. The number of halogens is 1. The number of aromatic nitrogens is 1. The van der Waals surface area contributed by atoms with Crippen LogP contribution in [-0.4, -0.2) is 7.11 Å². The third kappa shape index (κ3) is 3.37. The Bertz CT molecular complexity index is 1600. The van der Waals surface area contributed by atoms with E-state index in [1.165, 1.54) is 32.8 Å². The van der Waals surface area contributed by atoms with E-state index < -0.39 is 0 Å². The summed E-state index contributed by atoms with van der Waals surface area (Å²) in [7, 11) is 1.75. The normalized spacial score (nSPS) is 10.9. The van der Waals surface area contributed by atoms with Crippen LogP contribution in [-0.2, 0) is 0 Å². The Balaban J connectivity index is 0.00000228. The van der Waals surface area contributed by atoms with Crippen LogP contribution in [0.15, 0.2) is 115 Å². The molecule has 0 saturated heterocycles. The van der Waals surface area contributed by atoms with Crippen LogP contribution in [0.1, 0.15) is 0 Å². The molecule has 0 atom stereocenters. The standard InChI is InChI=1S/C30H22NO.BrH/c1-32-28-20-10-19-27-30(28)29(24-17-9-12-21-11-5-6-15-23(21)24)25-16-7-8-18-26(25)31(27)22-13-3-2-4-14-22;/h2-20H,1H3;1H/q+1;/p-1. The fourth-order valence-corrected chi connectivity index (χ4v) is 4.85. The molecule has 3 heteroatoms. The predicted octanol–water partition coefficient (Wildman–Crippen LogP) is 4.10. The van der Waals surface area contributed by atoms with Crippen LogP contribution in [0.4, 0.5) is 0 Å². The summed E-state index contributed by atoms with van der Waals surface area (Å²) in [5.74, 6) is 0.876. The van der Waals surface area contributed by atoms with Gasteiger partial charge in [-0.25, -0.2) is 0 Å². The Hall–Kier alpha value is -3.69. The molecule has 0 spiro atoms. The van der Waals surface area contributed by atoms with Crippen LogP contribution in [0.2, 0.25) is 0 Å². The number of hydrogen-bond acceptors (Lipinski definition) is 1. The van der Waals surface area contributed by atoms with Crippen molar-refractivity contribution in [2.45, 2.75) is 0 Å². The van der Waals surface area contributed by atoms with Crippen LogP contribution >= 0.6 is 0 Å². The number of fused-ring (bicyclic) bond motifs is 3. The second-order valence-corrected chi connectivity index (χ2v) is 7.94. The largest absolute Gasteiger partial charge is 1.00 e. The lowest BCUT2D eigenvalue weighted by Crippen LogP contribution is -3.00. The lowest BCUT2D eigenvalue weighted by molar-refractivity contribution is -0.537. The van der Waals surface area contributed by atoms with Crippen LogP contribution in [0.3, 0.4) is 0 Å². The third-order valence-electron chi connectivity index (χ3n) is 6.20. The Kier molecular flexibility index (Phi) is 5.57. The number of benzene rings is 5. The molecule has 6 aromatic rings. The second-order valence-electron chi connectivity index (χ2n) is 7.94. The third-order valence-corrected chi connectivity index (χ3v) is 6.20. The molecule has 0 saturated carbocycles. The topological polar surface area (TPSA) is 13.1 Å². The average molecular weight is 492 g/mol.